The first kappa shape index (κ1) is 22.5. The Balaban J connectivity index is 1.38. The van der Waals surface area contributed by atoms with E-state index in [-0.39, 0.29) is 12.2 Å². The Morgan fingerprint density at radius 1 is 1.12 bits per heavy atom. The van der Waals surface area contributed by atoms with E-state index in [1.165, 1.54) is 11.9 Å². The quantitative estimate of drug-likeness (QED) is 0.691. The molecule has 1 saturated heterocycles. The van der Waals surface area contributed by atoms with Gasteiger partial charge in [-0.15, -0.1) is 0 Å². The van der Waals surface area contributed by atoms with Crippen LogP contribution in [0.1, 0.15) is 39.2 Å². The molecule has 1 amide bonds. The molecule has 0 radical (unpaired) electrons. The molecule has 0 aliphatic carbocycles. The number of hydrogen-bond donors (Lipinski definition) is 0. The summed E-state index contributed by atoms with van der Waals surface area (Å²) >= 11 is 0. The van der Waals surface area contributed by atoms with Crippen molar-refractivity contribution in [2.24, 2.45) is 0 Å². The summed E-state index contributed by atoms with van der Waals surface area (Å²) < 4.78 is 23.4. The van der Waals surface area contributed by atoms with Crippen molar-refractivity contribution in [1.29, 1.82) is 0 Å². The number of benzene rings is 1. The van der Waals surface area contributed by atoms with Crippen molar-refractivity contribution in [3.05, 3.63) is 36.2 Å². The Morgan fingerprint density at radius 3 is 2.56 bits per heavy atom. The number of amides is 1. The van der Waals surface area contributed by atoms with Crippen LogP contribution in [-0.4, -0.2) is 62.8 Å². The van der Waals surface area contributed by atoms with E-state index in [4.69, 9.17) is 9.47 Å². The van der Waals surface area contributed by atoms with Crippen molar-refractivity contribution in [2.45, 2.75) is 56.6 Å². The van der Waals surface area contributed by atoms with E-state index in [2.05, 4.69) is 14.9 Å². The summed E-state index contributed by atoms with van der Waals surface area (Å²) in [6, 6.07) is 7.79. The molecule has 32 heavy (non-hydrogen) atoms. The van der Waals surface area contributed by atoms with Crippen molar-refractivity contribution in [3.63, 3.8) is 0 Å². The molecule has 1 atom stereocenters. The van der Waals surface area contributed by atoms with Crippen LogP contribution in [0.5, 0.6) is 5.88 Å². The van der Waals surface area contributed by atoms with E-state index in [9.17, 15) is 9.00 Å². The van der Waals surface area contributed by atoms with Crippen molar-refractivity contribution in [1.82, 2.24) is 14.9 Å². The maximum absolute atomic E-state index is 12.2. The largest absolute Gasteiger partial charge is 0.474 e. The molecule has 0 bridgehead atoms. The molecule has 4 rings (SSSR count). The first-order chi connectivity index (χ1) is 15.2. The van der Waals surface area contributed by atoms with Crippen LogP contribution in [0.15, 0.2) is 35.5 Å². The Kier molecular flexibility index (Phi) is 6.37. The molecule has 172 valence electrons. The van der Waals surface area contributed by atoms with Gasteiger partial charge >= 0.3 is 6.09 Å². The number of hydrogen-bond acceptors (Lipinski definition) is 7. The molecule has 9 heteroatoms. The average Bonchev–Trinajstić information content (AvgIpc) is 3.16. The topological polar surface area (TPSA) is 84.9 Å². The predicted molar refractivity (Wildman–Crippen MR) is 123 cm³/mol. The lowest BCUT2D eigenvalue weighted by Crippen LogP contribution is -2.44. The second-order valence-electron chi connectivity index (χ2n) is 9.15. The van der Waals surface area contributed by atoms with E-state index < -0.39 is 16.4 Å². The molecule has 3 heterocycles. The van der Waals surface area contributed by atoms with Gasteiger partial charge in [0.05, 0.1) is 0 Å². The molecule has 8 nitrogen and oxygen atoms in total. The van der Waals surface area contributed by atoms with Crippen molar-refractivity contribution >= 4 is 28.4 Å². The number of likely N-dealkylation sites (tertiary alicyclic amines) is 1. The van der Waals surface area contributed by atoms with Gasteiger partial charge in [-0.05, 0) is 51.0 Å². The van der Waals surface area contributed by atoms with Gasteiger partial charge in [0.25, 0.3) is 0 Å². The Hall–Kier alpha value is -2.68. The SMILES string of the molecule is CS(=O)c1ccc2c(c1)CCN2c1cc(OC2CCN(C(=O)OC(C)(C)C)CC2)ncn1. The molecule has 0 spiro atoms. The van der Waals surface area contributed by atoms with Gasteiger partial charge in [0.1, 0.15) is 23.9 Å². The number of nitrogens with zero attached hydrogens (tertiary/aromatic N) is 4. The normalized spacial score (nSPS) is 17.8. The highest BCUT2D eigenvalue weighted by molar-refractivity contribution is 7.84. The monoisotopic (exact) mass is 458 g/mol. The summed E-state index contributed by atoms with van der Waals surface area (Å²) in [6.45, 7) is 7.61. The third-order valence-electron chi connectivity index (χ3n) is 5.56. The average molecular weight is 459 g/mol. The van der Waals surface area contributed by atoms with Gasteiger partial charge in [0.2, 0.25) is 5.88 Å². The zero-order chi connectivity index (χ0) is 22.9. The van der Waals surface area contributed by atoms with Gasteiger partial charge in [-0.25, -0.2) is 14.8 Å². The zero-order valence-electron chi connectivity index (χ0n) is 19.0. The summed E-state index contributed by atoms with van der Waals surface area (Å²) in [5.74, 6) is 1.32. The smallest absolute Gasteiger partial charge is 0.410 e. The summed E-state index contributed by atoms with van der Waals surface area (Å²) in [5, 5.41) is 0. The zero-order valence-corrected chi connectivity index (χ0v) is 19.9. The number of carbonyl (C=O) groups is 1. The van der Waals surface area contributed by atoms with Crippen LogP contribution in [0.25, 0.3) is 0 Å². The van der Waals surface area contributed by atoms with Crippen LogP contribution >= 0.6 is 0 Å². The Labute approximate surface area is 191 Å². The fourth-order valence-corrected chi connectivity index (χ4v) is 4.56. The van der Waals surface area contributed by atoms with Crippen molar-refractivity contribution < 1.29 is 18.5 Å². The molecule has 1 fully saturated rings. The van der Waals surface area contributed by atoms with E-state index in [0.29, 0.717) is 19.0 Å². The van der Waals surface area contributed by atoms with E-state index in [0.717, 1.165) is 42.2 Å². The van der Waals surface area contributed by atoms with Crippen molar-refractivity contribution in [2.75, 3.05) is 30.8 Å². The lowest BCUT2D eigenvalue weighted by Gasteiger charge is -2.33. The first-order valence-corrected chi connectivity index (χ1v) is 12.5. The summed E-state index contributed by atoms with van der Waals surface area (Å²) in [7, 11) is -0.993. The van der Waals surface area contributed by atoms with Crippen LogP contribution in [0.2, 0.25) is 0 Å². The lowest BCUT2D eigenvalue weighted by molar-refractivity contribution is 0.0123. The fraction of sp³-hybridized carbons (Fsp3) is 0.522. The van der Waals surface area contributed by atoms with Gasteiger partial charge in [0.15, 0.2) is 0 Å². The highest BCUT2D eigenvalue weighted by atomic mass is 32.2. The number of fused-ring (bicyclic) bond motifs is 1. The second kappa shape index (κ2) is 9.05. The minimum Gasteiger partial charge on any atom is -0.474 e. The van der Waals surface area contributed by atoms with Crippen LogP contribution in [0.4, 0.5) is 16.3 Å². The number of carbonyl (C=O) groups excluding carboxylic acids is 1. The summed E-state index contributed by atoms with van der Waals surface area (Å²) in [4.78, 5) is 25.7. The molecule has 0 N–H and O–H groups in total. The second-order valence-corrected chi connectivity index (χ2v) is 10.5. The number of anilines is 2. The Bertz CT molecular complexity index is 1020. The highest BCUT2D eigenvalue weighted by Crippen LogP contribution is 2.35. The number of rotatable bonds is 4. The van der Waals surface area contributed by atoms with Gasteiger partial charge in [0, 0.05) is 66.2 Å². The van der Waals surface area contributed by atoms with E-state index in [1.807, 2.05) is 45.0 Å². The standard InChI is InChI=1S/C23H30N4O4S/c1-23(2,3)31-22(28)26-10-8-17(9-11-26)30-21-14-20(24-15-25-21)27-12-7-16-13-18(32(4)29)5-6-19(16)27/h5-6,13-15,17H,7-12H2,1-4H3. The molecule has 0 saturated carbocycles. The maximum Gasteiger partial charge on any atom is 0.410 e. The van der Waals surface area contributed by atoms with Gasteiger partial charge in [-0.2, -0.15) is 0 Å². The first-order valence-electron chi connectivity index (χ1n) is 10.9. The number of ether oxygens (including phenoxy) is 2. The van der Waals surface area contributed by atoms with Gasteiger partial charge in [-0.3, -0.25) is 4.21 Å². The molecule has 1 aromatic heterocycles. The van der Waals surface area contributed by atoms with Gasteiger partial charge in [-0.1, -0.05) is 0 Å². The molecule has 2 aliphatic rings. The molecule has 2 aliphatic heterocycles. The number of piperidine rings is 1. The van der Waals surface area contributed by atoms with Gasteiger partial charge < -0.3 is 19.3 Å². The minimum atomic E-state index is -0.993. The molecular weight excluding hydrogens is 428 g/mol. The van der Waals surface area contributed by atoms with Crippen LogP contribution in [0, 0.1) is 0 Å². The molecule has 1 aromatic carbocycles. The molecular formula is C23H30N4O4S. The van der Waals surface area contributed by atoms with E-state index in [1.54, 1.807) is 11.2 Å². The van der Waals surface area contributed by atoms with Crippen LogP contribution < -0.4 is 9.64 Å². The lowest BCUT2D eigenvalue weighted by atomic mass is 10.1. The highest BCUT2D eigenvalue weighted by Gasteiger charge is 2.28. The molecule has 1 unspecified atom stereocenters. The number of aromatic nitrogens is 2. The summed E-state index contributed by atoms with van der Waals surface area (Å²) in [5.41, 5.74) is 1.76. The molecule has 2 aromatic rings. The predicted octanol–water partition coefficient (Wildman–Crippen LogP) is 3.69. The third kappa shape index (κ3) is 5.20. The Morgan fingerprint density at radius 2 is 1.88 bits per heavy atom. The van der Waals surface area contributed by atoms with Crippen molar-refractivity contribution in [3.8, 4) is 5.88 Å². The maximum atomic E-state index is 12.2. The summed E-state index contributed by atoms with van der Waals surface area (Å²) in [6.07, 6.45) is 5.26. The van der Waals surface area contributed by atoms with E-state index >= 15 is 0 Å². The van der Waals surface area contributed by atoms with Crippen LogP contribution in [0.3, 0.4) is 0 Å². The van der Waals surface area contributed by atoms with Crippen LogP contribution in [-0.2, 0) is 22.0 Å². The fourth-order valence-electron chi connectivity index (χ4n) is 3.99. The third-order valence-corrected chi connectivity index (χ3v) is 6.48. The minimum absolute atomic E-state index is 0.00982.